The van der Waals surface area contributed by atoms with Gasteiger partial charge in [0.1, 0.15) is 16.7 Å². The molecule has 134 valence electrons. The van der Waals surface area contributed by atoms with Crippen LogP contribution in [0, 0.1) is 0 Å². The van der Waals surface area contributed by atoms with Gasteiger partial charge in [-0.05, 0) is 12.5 Å². The van der Waals surface area contributed by atoms with E-state index in [2.05, 4.69) is 27.2 Å². The number of benzene rings is 1. The second kappa shape index (κ2) is 11.5. The molecule has 7 heteroatoms. The van der Waals surface area contributed by atoms with Gasteiger partial charge in [-0.15, -0.1) is 11.3 Å². The van der Waals surface area contributed by atoms with E-state index >= 15 is 0 Å². The third kappa shape index (κ3) is 7.19. The van der Waals surface area contributed by atoms with Crippen LogP contribution < -0.4 is 15.4 Å². The summed E-state index contributed by atoms with van der Waals surface area (Å²) in [5.74, 6) is 2.69. The summed E-state index contributed by atoms with van der Waals surface area (Å²) in [5, 5.41) is 8.66. The van der Waals surface area contributed by atoms with Gasteiger partial charge in [0.05, 0.1) is 0 Å². The molecule has 0 spiro atoms. The van der Waals surface area contributed by atoms with Gasteiger partial charge in [0.2, 0.25) is 0 Å². The Hall–Kier alpha value is -1.99. The third-order valence-corrected chi connectivity index (χ3v) is 5.30. The highest BCUT2D eigenvalue weighted by molar-refractivity contribution is 8.00. The Morgan fingerprint density at radius 3 is 3.04 bits per heavy atom. The van der Waals surface area contributed by atoms with Crippen molar-refractivity contribution in [2.45, 2.75) is 17.3 Å². The molecule has 5 nitrogen and oxygen atoms in total. The van der Waals surface area contributed by atoms with Crippen LogP contribution in [0.4, 0.5) is 0 Å². The molecule has 0 saturated carbocycles. The number of hydrogen-bond acceptors (Lipinski definition) is 5. The van der Waals surface area contributed by atoms with Crippen molar-refractivity contribution in [1.82, 2.24) is 15.6 Å². The van der Waals surface area contributed by atoms with Gasteiger partial charge in [-0.3, -0.25) is 4.99 Å². The molecule has 2 N–H and O–H groups in total. The van der Waals surface area contributed by atoms with E-state index in [0.717, 1.165) is 40.3 Å². The number of hydrogen-bond donors (Lipinski definition) is 2. The van der Waals surface area contributed by atoms with Crippen molar-refractivity contribution in [1.29, 1.82) is 0 Å². The summed E-state index contributed by atoms with van der Waals surface area (Å²) in [6.45, 7) is 5.71. The van der Waals surface area contributed by atoms with Crippen LogP contribution in [0.1, 0.15) is 12.0 Å². The maximum atomic E-state index is 5.67. The van der Waals surface area contributed by atoms with Gasteiger partial charge in [-0.25, -0.2) is 4.98 Å². The van der Waals surface area contributed by atoms with Crippen molar-refractivity contribution in [2.24, 2.45) is 4.99 Å². The molecule has 0 bridgehead atoms. The largest absolute Gasteiger partial charge is 0.489 e. The zero-order chi connectivity index (χ0) is 17.7. The molecule has 25 heavy (non-hydrogen) atoms. The molecular formula is C18H24N4OS2. The number of guanidine groups is 1. The first-order valence-electron chi connectivity index (χ1n) is 8.12. The normalized spacial score (nSPS) is 11.2. The Kier molecular flexibility index (Phi) is 8.93. The minimum absolute atomic E-state index is 0.501. The van der Waals surface area contributed by atoms with Crippen LogP contribution >= 0.6 is 23.1 Å². The fraction of sp³-hybridized carbons (Fsp3) is 0.333. The van der Waals surface area contributed by atoms with Crippen LogP contribution in [0.25, 0.3) is 0 Å². The lowest BCUT2D eigenvalue weighted by Gasteiger charge is -2.14. The molecule has 0 aliphatic heterocycles. The standard InChI is InChI=1S/C18H24N4OS2/c1-3-11-23-16-8-5-4-7-15(16)14-22-17(19-2)20-9-6-12-24-18-21-10-13-25-18/h3-5,7-8,10,13H,1,6,9,11-12,14H2,2H3,(H2,19,20,22). The monoisotopic (exact) mass is 376 g/mol. The van der Waals surface area contributed by atoms with Crippen molar-refractivity contribution in [3.63, 3.8) is 0 Å². The molecule has 0 fully saturated rings. The van der Waals surface area contributed by atoms with E-state index in [9.17, 15) is 0 Å². The quantitative estimate of drug-likeness (QED) is 0.218. The highest BCUT2D eigenvalue weighted by Gasteiger charge is 2.04. The minimum Gasteiger partial charge on any atom is -0.489 e. The maximum absolute atomic E-state index is 5.67. The molecule has 0 unspecified atom stereocenters. The second-order valence-corrected chi connectivity index (χ2v) is 7.30. The van der Waals surface area contributed by atoms with Crippen molar-refractivity contribution in [3.05, 3.63) is 54.1 Å². The predicted octanol–water partition coefficient (Wildman–Crippen LogP) is 3.56. The minimum atomic E-state index is 0.501. The fourth-order valence-corrected chi connectivity index (χ4v) is 3.71. The van der Waals surface area contributed by atoms with Crippen molar-refractivity contribution in [3.8, 4) is 5.75 Å². The summed E-state index contributed by atoms with van der Waals surface area (Å²) in [6.07, 6.45) is 4.63. The molecular weight excluding hydrogens is 352 g/mol. The molecule has 0 aliphatic carbocycles. The Labute approximate surface area is 157 Å². The topological polar surface area (TPSA) is 58.5 Å². The number of thioether (sulfide) groups is 1. The third-order valence-electron chi connectivity index (χ3n) is 3.25. The summed E-state index contributed by atoms with van der Waals surface area (Å²) in [5.41, 5.74) is 1.09. The van der Waals surface area contributed by atoms with Crippen LogP contribution in [-0.4, -0.2) is 36.9 Å². The van der Waals surface area contributed by atoms with Gasteiger partial charge in [-0.1, -0.05) is 42.6 Å². The van der Waals surface area contributed by atoms with Crippen molar-refractivity contribution in [2.75, 3.05) is 26.0 Å². The summed E-state index contributed by atoms with van der Waals surface area (Å²) < 4.78 is 6.80. The number of thiazole rings is 1. The first-order valence-corrected chi connectivity index (χ1v) is 9.98. The summed E-state index contributed by atoms with van der Waals surface area (Å²) in [6, 6.07) is 7.98. The van der Waals surface area contributed by atoms with Gasteiger partial charge in [-0.2, -0.15) is 0 Å². The fourth-order valence-electron chi connectivity index (χ4n) is 2.06. The molecule has 0 aliphatic rings. The van der Waals surface area contributed by atoms with Crippen LogP contribution in [0.3, 0.4) is 0 Å². The zero-order valence-electron chi connectivity index (χ0n) is 14.4. The number of para-hydroxylation sites is 1. The Morgan fingerprint density at radius 1 is 1.40 bits per heavy atom. The zero-order valence-corrected chi connectivity index (χ0v) is 16.0. The van der Waals surface area contributed by atoms with Gasteiger partial charge >= 0.3 is 0 Å². The van der Waals surface area contributed by atoms with Crippen LogP contribution in [-0.2, 0) is 6.54 Å². The summed E-state index contributed by atoms with van der Waals surface area (Å²) in [7, 11) is 1.78. The van der Waals surface area contributed by atoms with E-state index in [1.807, 2.05) is 35.8 Å². The van der Waals surface area contributed by atoms with Crippen LogP contribution in [0.15, 0.2) is 57.8 Å². The number of aromatic nitrogens is 1. The van der Waals surface area contributed by atoms with E-state index in [-0.39, 0.29) is 0 Å². The second-order valence-electron chi connectivity index (χ2n) is 5.06. The molecule has 0 atom stereocenters. The van der Waals surface area contributed by atoms with Crippen LogP contribution in [0.2, 0.25) is 0 Å². The maximum Gasteiger partial charge on any atom is 0.191 e. The van der Waals surface area contributed by atoms with Gasteiger partial charge < -0.3 is 15.4 Å². The van der Waals surface area contributed by atoms with Crippen LogP contribution in [0.5, 0.6) is 5.75 Å². The van der Waals surface area contributed by atoms with E-state index in [1.54, 1.807) is 36.2 Å². The highest BCUT2D eigenvalue weighted by Crippen LogP contribution is 2.20. The number of nitrogens with one attached hydrogen (secondary N) is 2. The van der Waals surface area contributed by atoms with Gasteiger partial charge in [0.25, 0.3) is 0 Å². The van der Waals surface area contributed by atoms with E-state index in [4.69, 9.17) is 4.74 Å². The molecule has 0 saturated heterocycles. The number of rotatable bonds is 10. The Morgan fingerprint density at radius 2 is 2.28 bits per heavy atom. The number of nitrogens with zero attached hydrogens (tertiary/aromatic N) is 2. The number of ether oxygens (including phenoxy) is 1. The lowest BCUT2D eigenvalue weighted by atomic mass is 10.2. The SMILES string of the molecule is C=CCOc1ccccc1CNC(=NC)NCCCSc1nccs1. The molecule has 0 radical (unpaired) electrons. The molecule has 1 aromatic carbocycles. The molecule has 0 amide bonds. The Bertz CT molecular complexity index is 659. The predicted molar refractivity (Wildman–Crippen MR) is 108 cm³/mol. The summed E-state index contributed by atoms with van der Waals surface area (Å²) >= 11 is 3.47. The molecule has 1 aromatic heterocycles. The average molecular weight is 377 g/mol. The summed E-state index contributed by atoms with van der Waals surface area (Å²) in [4.78, 5) is 8.53. The van der Waals surface area contributed by atoms with Crippen molar-refractivity contribution >= 4 is 29.1 Å². The van der Waals surface area contributed by atoms with Gasteiger partial charge in [0.15, 0.2) is 5.96 Å². The average Bonchev–Trinajstić information content (AvgIpc) is 3.16. The number of aliphatic imine (C=N–C) groups is 1. The smallest absolute Gasteiger partial charge is 0.191 e. The molecule has 1 heterocycles. The molecule has 2 rings (SSSR count). The molecule has 2 aromatic rings. The van der Waals surface area contributed by atoms with E-state index in [1.165, 1.54) is 0 Å². The first kappa shape index (κ1) is 19.3. The van der Waals surface area contributed by atoms with Gasteiger partial charge in [0, 0.05) is 43.0 Å². The van der Waals surface area contributed by atoms with E-state index < -0.39 is 0 Å². The lowest BCUT2D eigenvalue weighted by molar-refractivity contribution is 0.358. The Balaban J connectivity index is 1.70. The van der Waals surface area contributed by atoms with Crippen molar-refractivity contribution < 1.29 is 4.74 Å². The lowest BCUT2D eigenvalue weighted by Crippen LogP contribution is -2.37. The highest BCUT2D eigenvalue weighted by atomic mass is 32.2. The van der Waals surface area contributed by atoms with E-state index in [0.29, 0.717) is 13.2 Å². The first-order chi connectivity index (χ1) is 12.3.